The smallest absolute Gasteiger partial charge is 0.456 e. The fourth-order valence-corrected chi connectivity index (χ4v) is 11.4. The first kappa shape index (κ1) is 79.2. The van der Waals surface area contributed by atoms with Gasteiger partial charge in [0.1, 0.15) is 19.3 Å². The average Bonchev–Trinajstić information content (AvgIpc) is 3.44. The number of ether oxygens (including phenoxy) is 1. The number of unbranched alkanes of at least 4 members (excludes halogenated alkanes) is 45. The van der Waals surface area contributed by atoms with Crippen LogP contribution in [0.1, 0.15) is 355 Å². The second kappa shape index (κ2) is 61.3. The highest BCUT2D eigenvalue weighted by Gasteiger charge is 2.30. The van der Waals surface area contributed by atoms with Crippen LogP contribution in [0.25, 0.3) is 0 Å². The molecule has 0 aliphatic rings. The summed E-state index contributed by atoms with van der Waals surface area (Å²) in [6.07, 6.45) is 75.8. The van der Waals surface area contributed by atoms with Crippen molar-refractivity contribution in [3.63, 3.8) is 0 Å². The third-order valence-electron chi connectivity index (χ3n) is 16.1. The molecule has 2 N–H and O–H groups in total. The Morgan fingerprint density at radius 3 is 1.14 bits per heavy atom. The molecule has 0 aliphatic heterocycles. The summed E-state index contributed by atoms with van der Waals surface area (Å²) in [5.41, 5.74) is 0. The van der Waals surface area contributed by atoms with Crippen molar-refractivity contribution in [2.45, 2.75) is 367 Å². The van der Waals surface area contributed by atoms with Gasteiger partial charge in [0.15, 0.2) is 0 Å². The summed E-state index contributed by atoms with van der Waals surface area (Å²) in [5, 5.41) is 3.08. The van der Waals surface area contributed by atoms with Crippen molar-refractivity contribution in [2.75, 3.05) is 40.9 Å². The minimum atomic E-state index is -4.45. The van der Waals surface area contributed by atoms with E-state index >= 15 is 0 Å². The lowest BCUT2D eigenvalue weighted by Gasteiger charge is -2.27. The molecule has 10 heteroatoms. The highest BCUT2D eigenvalue weighted by molar-refractivity contribution is 7.47. The van der Waals surface area contributed by atoms with Crippen molar-refractivity contribution in [2.24, 2.45) is 0 Å². The van der Waals surface area contributed by atoms with Crippen molar-refractivity contribution in [3.05, 3.63) is 36.5 Å². The molecule has 0 heterocycles. The van der Waals surface area contributed by atoms with Crippen LogP contribution in [0.3, 0.4) is 0 Å². The van der Waals surface area contributed by atoms with E-state index in [2.05, 4.69) is 56.5 Å². The van der Waals surface area contributed by atoms with Crippen molar-refractivity contribution in [1.82, 2.24) is 5.32 Å². The van der Waals surface area contributed by atoms with Crippen LogP contribution in [0, 0.1) is 0 Å². The van der Waals surface area contributed by atoms with Gasteiger partial charge in [-0.2, -0.15) is 0 Å². The molecule has 0 fully saturated rings. The number of carbonyl (C=O) groups is 2. The van der Waals surface area contributed by atoms with E-state index in [1.165, 1.54) is 257 Å². The van der Waals surface area contributed by atoms with Gasteiger partial charge in [-0.05, 0) is 63.9 Å². The second-order valence-corrected chi connectivity index (χ2v) is 26.9. The van der Waals surface area contributed by atoms with Gasteiger partial charge < -0.3 is 19.4 Å². The third kappa shape index (κ3) is 62.6. The van der Waals surface area contributed by atoms with Crippen molar-refractivity contribution < 1.29 is 37.3 Å². The number of rotatable bonds is 65. The number of quaternary nitrogens is 1. The summed E-state index contributed by atoms with van der Waals surface area (Å²) in [6.45, 7) is 7.05. The van der Waals surface area contributed by atoms with Gasteiger partial charge in [-0.25, -0.2) is 4.57 Å². The third-order valence-corrected chi connectivity index (χ3v) is 17.1. The zero-order valence-electron chi connectivity index (χ0n) is 54.8. The first-order valence-corrected chi connectivity index (χ1v) is 36.8. The number of allylic oxidation sites excluding steroid dienone is 5. The van der Waals surface area contributed by atoms with E-state index in [-0.39, 0.29) is 25.1 Å². The van der Waals surface area contributed by atoms with Gasteiger partial charge in [0.05, 0.1) is 33.8 Å². The number of carbonyl (C=O) groups excluding carboxylic acids is 2. The van der Waals surface area contributed by atoms with Gasteiger partial charge in [-0.15, -0.1) is 0 Å². The molecule has 0 saturated heterocycles. The Morgan fingerprint density at radius 2 is 0.753 bits per heavy atom. The quantitative estimate of drug-likeness (QED) is 0.0205. The molecule has 0 radical (unpaired) electrons. The molecular weight excluding hydrogens is 1020 g/mol. The van der Waals surface area contributed by atoms with Crippen LogP contribution in [-0.2, 0) is 27.9 Å². The van der Waals surface area contributed by atoms with Gasteiger partial charge in [-0.3, -0.25) is 18.6 Å². The molecule has 81 heavy (non-hydrogen) atoms. The largest absolute Gasteiger partial charge is 0.472 e. The first-order chi connectivity index (χ1) is 39.4. The maximum Gasteiger partial charge on any atom is 0.472 e. The Morgan fingerprint density at radius 1 is 0.432 bits per heavy atom. The van der Waals surface area contributed by atoms with Gasteiger partial charge in [0, 0.05) is 12.8 Å². The van der Waals surface area contributed by atoms with Gasteiger partial charge in [-0.1, -0.05) is 314 Å². The number of esters is 1. The van der Waals surface area contributed by atoms with Crippen molar-refractivity contribution in [3.8, 4) is 0 Å². The molecule has 0 aromatic rings. The summed E-state index contributed by atoms with van der Waals surface area (Å²) in [5.74, 6) is -0.484. The second-order valence-electron chi connectivity index (χ2n) is 25.4. The Labute approximate surface area is 504 Å². The fraction of sp³-hybridized carbons (Fsp3) is 0.887. The summed E-state index contributed by atoms with van der Waals surface area (Å²) >= 11 is 0. The topological polar surface area (TPSA) is 111 Å². The van der Waals surface area contributed by atoms with Crippen LogP contribution in [0.5, 0.6) is 0 Å². The summed E-state index contributed by atoms with van der Waals surface area (Å²) in [6, 6.07) is -0.844. The predicted octanol–water partition coefficient (Wildman–Crippen LogP) is 22.2. The Hall–Kier alpha value is -1.77. The van der Waals surface area contributed by atoms with E-state index in [1.807, 2.05) is 27.2 Å². The van der Waals surface area contributed by atoms with Crippen molar-refractivity contribution >= 4 is 19.7 Å². The number of hydrogen-bond acceptors (Lipinski definition) is 6. The maximum absolute atomic E-state index is 13.6. The molecule has 3 unspecified atom stereocenters. The molecule has 478 valence electrons. The molecule has 1 amide bonds. The van der Waals surface area contributed by atoms with Crippen LogP contribution < -0.4 is 5.32 Å². The number of phosphoric ester groups is 1. The van der Waals surface area contributed by atoms with Crippen LogP contribution in [0.4, 0.5) is 0 Å². The van der Waals surface area contributed by atoms with Gasteiger partial charge in [0.25, 0.3) is 0 Å². The minimum Gasteiger partial charge on any atom is -0.456 e. The molecule has 0 aromatic heterocycles. The molecule has 3 atom stereocenters. The molecule has 0 spiro atoms. The normalized spacial score (nSPS) is 13.7. The summed E-state index contributed by atoms with van der Waals surface area (Å²) < 4.78 is 30.8. The maximum atomic E-state index is 13.6. The monoisotopic (exact) mass is 1160 g/mol. The van der Waals surface area contributed by atoms with E-state index in [1.54, 1.807) is 0 Å². The number of phosphoric acid groups is 1. The molecule has 0 saturated carbocycles. The molecular formula is C71H138N2O7P+. The minimum absolute atomic E-state index is 0.0437. The van der Waals surface area contributed by atoms with Crippen molar-refractivity contribution in [1.29, 1.82) is 0 Å². The highest BCUT2D eigenvalue weighted by atomic mass is 31.2. The van der Waals surface area contributed by atoms with Gasteiger partial charge in [0.2, 0.25) is 5.91 Å². The molecule has 9 nitrogen and oxygen atoms in total. The number of nitrogens with one attached hydrogen (secondary N) is 1. The van der Waals surface area contributed by atoms with Crippen LogP contribution in [0.2, 0.25) is 0 Å². The van der Waals surface area contributed by atoms with E-state index < -0.39 is 20.0 Å². The number of nitrogens with zero attached hydrogens (tertiary/aromatic N) is 1. The Bertz CT molecular complexity index is 1480. The van der Waals surface area contributed by atoms with Crippen LogP contribution in [-0.4, -0.2) is 74.3 Å². The summed E-state index contributed by atoms with van der Waals surface area (Å²) in [4.78, 5) is 37.9. The summed E-state index contributed by atoms with van der Waals surface area (Å²) in [7, 11) is 1.52. The van der Waals surface area contributed by atoms with E-state index in [0.717, 1.165) is 64.2 Å². The zero-order chi connectivity index (χ0) is 59.3. The van der Waals surface area contributed by atoms with E-state index in [4.69, 9.17) is 13.8 Å². The molecule has 0 bridgehead atoms. The highest BCUT2D eigenvalue weighted by Crippen LogP contribution is 2.43. The average molecular weight is 1160 g/mol. The molecule has 0 rings (SSSR count). The Kier molecular flexibility index (Phi) is 60.0. The van der Waals surface area contributed by atoms with E-state index in [9.17, 15) is 19.0 Å². The lowest BCUT2D eigenvalue weighted by molar-refractivity contribution is -0.870. The molecule has 0 aromatic carbocycles. The number of hydrogen-bond donors (Lipinski definition) is 2. The lowest BCUT2D eigenvalue weighted by Crippen LogP contribution is -2.47. The van der Waals surface area contributed by atoms with E-state index in [0.29, 0.717) is 23.9 Å². The zero-order valence-corrected chi connectivity index (χ0v) is 55.7. The van der Waals surface area contributed by atoms with Crippen LogP contribution in [0.15, 0.2) is 36.5 Å². The SMILES string of the molecule is CCCCC/C=C\C/C=C\CCCCCCCCCCCCCCCCCC(=O)OC(/C=C/CCCCCCCCCCCCC)C(COP(=O)(O)OCC[N+](C)(C)C)NC(=O)CCCCCCCCCCCCCCCCCCC. The first-order valence-electron chi connectivity index (χ1n) is 35.3. The standard InChI is InChI=1S/C71H137N2O7P/c1-7-10-13-16-19-22-25-28-30-32-33-34-35-36-37-38-39-41-43-46-49-52-55-58-61-64-71(75)80-69(62-59-56-53-50-47-44-27-24-21-18-15-12-9-3)68(67-79-81(76,77)78-66-65-73(4,5)6)72-70(74)63-60-57-54-51-48-45-42-40-31-29-26-23-20-17-14-11-8-2/h19,22,28,30,59,62,68-69H,7-18,20-21,23-27,29,31-58,60-61,63-67H2,1-6H3,(H-,72,74,76,77)/p+1/b22-19-,30-28-,62-59+. The molecule has 0 aliphatic carbocycles. The number of likely N-dealkylation sites (N-methyl/N-ethyl adjacent to an activating group) is 1. The van der Waals surface area contributed by atoms with Crippen LogP contribution >= 0.6 is 7.82 Å². The Balaban J connectivity index is 5.06. The fourth-order valence-electron chi connectivity index (χ4n) is 10.6. The van der Waals surface area contributed by atoms with Gasteiger partial charge >= 0.3 is 13.8 Å². The number of amides is 1. The predicted molar refractivity (Wildman–Crippen MR) is 351 cm³/mol. The lowest BCUT2D eigenvalue weighted by atomic mass is 10.0.